The van der Waals surface area contributed by atoms with E-state index in [2.05, 4.69) is 32.3 Å². The quantitative estimate of drug-likeness (QED) is 0.368. The number of hydrogen-bond acceptors (Lipinski definition) is 7. The maximum absolute atomic E-state index is 13.3. The van der Waals surface area contributed by atoms with E-state index < -0.39 is 0 Å². The zero-order valence-corrected chi connectivity index (χ0v) is 19.7. The van der Waals surface area contributed by atoms with Gasteiger partial charge in [-0.2, -0.15) is 10.1 Å². The number of aromatic nitrogens is 4. The first kappa shape index (κ1) is 23.4. The minimum atomic E-state index is -0.324. The SMILES string of the molecule is C=CC(=O)Nc1ccc(C(=O)C2CC[C@@H](Nc3ncc(Cl)c(OC)n3)C2)cc1-c1cnn(C)c1. The first-order valence-electron chi connectivity index (χ1n) is 10.8. The number of aryl methyl sites for hydroxylation is 1. The molecule has 176 valence electrons. The minimum Gasteiger partial charge on any atom is -0.480 e. The van der Waals surface area contributed by atoms with E-state index in [0.717, 1.165) is 24.0 Å². The van der Waals surface area contributed by atoms with Crippen molar-refractivity contribution in [2.45, 2.75) is 25.3 Å². The third kappa shape index (κ3) is 5.09. The summed E-state index contributed by atoms with van der Waals surface area (Å²) in [7, 11) is 3.31. The molecule has 0 saturated heterocycles. The van der Waals surface area contributed by atoms with Crippen LogP contribution in [0.1, 0.15) is 29.6 Å². The highest BCUT2D eigenvalue weighted by Gasteiger charge is 2.31. The maximum Gasteiger partial charge on any atom is 0.247 e. The molecule has 1 saturated carbocycles. The van der Waals surface area contributed by atoms with Gasteiger partial charge in [-0.1, -0.05) is 18.2 Å². The van der Waals surface area contributed by atoms with Crippen LogP contribution in [0, 0.1) is 5.92 Å². The number of amides is 1. The van der Waals surface area contributed by atoms with Gasteiger partial charge in [0.2, 0.25) is 17.7 Å². The van der Waals surface area contributed by atoms with Gasteiger partial charge in [-0.05, 0) is 43.5 Å². The van der Waals surface area contributed by atoms with E-state index in [1.165, 1.54) is 19.4 Å². The molecule has 2 N–H and O–H groups in total. The molecule has 0 aliphatic heterocycles. The van der Waals surface area contributed by atoms with Crippen LogP contribution in [-0.2, 0) is 11.8 Å². The van der Waals surface area contributed by atoms with Crippen LogP contribution in [0.2, 0.25) is 5.02 Å². The predicted molar refractivity (Wildman–Crippen MR) is 130 cm³/mol. The summed E-state index contributed by atoms with van der Waals surface area (Å²) in [5.41, 5.74) is 2.71. The molecule has 1 unspecified atom stereocenters. The summed E-state index contributed by atoms with van der Waals surface area (Å²) in [5.74, 6) is 0.319. The number of halogens is 1. The van der Waals surface area contributed by atoms with Crippen LogP contribution in [0.25, 0.3) is 11.1 Å². The first-order valence-corrected chi connectivity index (χ1v) is 11.2. The first-order chi connectivity index (χ1) is 16.4. The molecular weight excluding hydrogens is 456 g/mol. The summed E-state index contributed by atoms with van der Waals surface area (Å²) < 4.78 is 6.81. The lowest BCUT2D eigenvalue weighted by molar-refractivity contribution is -0.111. The second-order valence-electron chi connectivity index (χ2n) is 8.12. The van der Waals surface area contributed by atoms with Gasteiger partial charge in [-0.15, -0.1) is 0 Å². The molecule has 9 nitrogen and oxygen atoms in total. The van der Waals surface area contributed by atoms with Gasteiger partial charge in [0.05, 0.1) is 19.5 Å². The number of carbonyl (C=O) groups excluding carboxylic acids is 2. The predicted octanol–water partition coefficient (Wildman–Crippen LogP) is 4.13. The molecule has 1 aliphatic carbocycles. The topological polar surface area (TPSA) is 111 Å². The number of nitrogens with zero attached hydrogens (tertiary/aromatic N) is 4. The zero-order valence-electron chi connectivity index (χ0n) is 18.9. The van der Waals surface area contributed by atoms with Gasteiger partial charge in [0.25, 0.3) is 0 Å². The monoisotopic (exact) mass is 480 g/mol. The number of benzene rings is 1. The second-order valence-corrected chi connectivity index (χ2v) is 8.53. The Morgan fingerprint density at radius 1 is 1.29 bits per heavy atom. The number of Topliss-reactive ketones (excluding diaryl/α,β-unsaturated/α-hetero) is 1. The van der Waals surface area contributed by atoms with Crippen molar-refractivity contribution in [1.29, 1.82) is 0 Å². The Bertz CT molecular complexity index is 1240. The van der Waals surface area contributed by atoms with Crippen LogP contribution in [-0.4, -0.2) is 44.6 Å². The van der Waals surface area contributed by atoms with Crippen LogP contribution in [0.15, 0.2) is 49.4 Å². The summed E-state index contributed by atoms with van der Waals surface area (Å²) in [6, 6.07) is 5.36. The fourth-order valence-corrected chi connectivity index (χ4v) is 4.29. The summed E-state index contributed by atoms with van der Waals surface area (Å²) in [6.07, 6.45) is 8.44. The summed E-state index contributed by atoms with van der Waals surface area (Å²) in [6.45, 7) is 3.50. The molecule has 1 aromatic carbocycles. The fourth-order valence-electron chi connectivity index (χ4n) is 4.12. The van der Waals surface area contributed by atoms with Gasteiger partial charge in [-0.25, -0.2) is 4.98 Å². The number of methoxy groups -OCH3 is 1. The molecular formula is C24H25ClN6O3. The number of ketones is 1. The van der Waals surface area contributed by atoms with E-state index in [1.807, 2.05) is 19.3 Å². The average Bonchev–Trinajstić information content (AvgIpc) is 3.49. The molecule has 10 heteroatoms. The van der Waals surface area contributed by atoms with E-state index >= 15 is 0 Å². The van der Waals surface area contributed by atoms with Crippen molar-refractivity contribution < 1.29 is 14.3 Å². The summed E-state index contributed by atoms with van der Waals surface area (Å²) >= 11 is 6.00. The molecule has 0 radical (unpaired) electrons. The van der Waals surface area contributed by atoms with E-state index in [-0.39, 0.29) is 23.7 Å². The van der Waals surface area contributed by atoms with E-state index in [9.17, 15) is 9.59 Å². The lowest BCUT2D eigenvalue weighted by Gasteiger charge is -2.15. The van der Waals surface area contributed by atoms with Crippen LogP contribution in [0.4, 0.5) is 11.6 Å². The van der Waals surface area contributed by atoms with Crippen molar-refractivity contribution in [2.75, 3.05) is 17.7 Å². The normalized spacial score (nSPS) is 17.3. The molecule has 2 aromatic heterocycles. The molecule has 1 fully saturated rings. The van der Waals surface area contributed by atoms with Gasteiger partial charge in [0.15, 0.2) is 5.78 Å². The molecule has 2 atom stereocenters. The van der Waals surface area contributed by atoms with Crippen molar-refractivity contribution in [1.82, 2.24) is 19.7 Å². The molecule has 3 aromatic rings. The van der Waals surface area contributed by atoms with Gasteiger partial charge >= 0.3 is 0 Å². The van der Waals surface area contributed by atoms with Gasteiger partial charge < -0.3 is 15.4 Å². The number of rotatable bonds is 8. The Labute approximate surface area is 202 Å². The van der Waals surface area contributed by atoms with E-state index in [1.54, 1.807) is 23.0 Å². The Morgan fingerprint density at radius 2 is 2.12 bits per heavy atom. The van der Waals surface area contributed by atoms with Crippen molar-refractivity contribution in [2.24, 2.45) is 13.0 Å². The standard InChI is InChI=1S/C24H25ClN6O3/c1-4-21(32)29-20-8-6-15(10-18(20)16-11-27-31(2)13-16)22(33)14-5-7-17(9-14)28-24-26-12-19(25)23(30-24)34-3/h4,6,8,10-14,17H,1,5,7,9H2,2-3H3,(H,29,32)(H,26,28,30)/t14?,17-/m1/s1. The molecule has 4 rings (SSSR count). The summed E-state index contributed by atoms with van der Waals surface area (Å²) in [5, 5.41) is 10.6. The molecule has 34 heavy (non-hydrogen) atoms. The van der Waals surface area contributed by atoms with E-state index in [0.29, 0.717) is 34.5 Å². The highest BCUT2D eigenvalue weighted by molar-refractivity contribution is 6.31. The van der Waals surface area contributed by atoms with Crippen molar-refractivity contribution in [3.05, 3.63) is 60.0 Å². The fraction of sp³-hybridized carbons (Fsp3) is 0.292. The van der Waals surface area contributed by atoms with Crippen LogP contribution >= 0.6 is 11.6 Å². The van der Waals surface area contributed by atoms with Crippen LogP contribution in [0.5, 0.6) is 5.88 Å². The van der Waals surface area contributed by atoms with Crippen molar-refractivity contribution in [3.8, 4) is 17.0 Å². The van der Waals surface area contributed by atoms with Gasteiger partial charge in [-0.3, -0.25) is 14.3 Å². The molecule has 1 aliphatic rings. The molecule has 1 amide bonds. The lowest BCUT2D eigenvalue weighted by Crippen LogP contribution is -2.20. The number of hydrogen-bond donors (Lipinski definition) is 2. The number of carbonyl (C=O) groups is 2. The Hall–Kier alpha value is -3.72. The summed E-state index contributed by atoms with van der Waals surface area (Å²) in [4.78, 5) is 33.7. The van der Waals surface area contributed by atoms with Crippen LogP contribution < -0.4 is 15.4 Å². The minimum absolute atomic E-state index is 0.0591. The smallest absolute Gasteiger partial charge is 0.247 e. The number of anilines is 2. The van der Waals surface area contributed by atoms with Crippen molar-refractivity contribution >= 4 is 34.9 Å². The van der Waals surface area contributed by atoms with Crippen molar-refractivity contribution in [3.63, 3.8) is 0 Å². The van der Waals surface area contributed by atoms with Crippen LogP contribution in [0.3, 0.4) is 0 Å². The van der Waals surface area contributed by atoms with Gasteiger partial charge in [0.1, 0.15) is 5.02 Å². The highest BCUT2D eigenvalue weighted by atomic mass is 35.5. The number of ether oxygens (including phenoxy) is 1. The Balaban J connectivity index is 1.51. The number of nitrogens with one attached hydrogen (secondary N) is 2. The largest absolute Gasteiger partial charge is 0.480 e. The zero-order chi connectivity index (χ0) is 24.2. The molecule has 0 bridgehead atoms. The Kier molecular flexibility index (Phi) is 6.93. The lowest BCUT2D eigenvalue weighted by atomic mass is 9.93. The molecule has 2 heterocycles. The molecule has 0 spiro atoms. The maximum atomic E-state index is 13.3. The highest BCUT2D eigenvalue weighted by Crippen LogP contribution is 2.34. The average molecular weight is 481 g/mol. The van der Waals surface area contributed by atoms with E-state index in [4.69, 9.17) is 16.3 Å². The Morgan fingerprint density at radius 3 is 2.82 bits per heavy atom. The van der Waals surface area contributed by atoms with Gasteiger partial charge in [0, 0.05) is 47.6 Å². The third-order valence-corrected chi connectivity index (χ3v) is 6.06. The third-order valence-electron chi connectivity index (χ3n) is 5.81. The second kappa shape index (κ2) is 10.0.